The summed E-state index contributed by atoms with van der Waals surface area (Å²) < 4.78 is 1.29. The van der Waals surface area contributed by atoms with Crippen LogP contribution >= 0.6 is 22.6 Å². The van der Waals surface area contributed by atoms with Gasteiger partial charge < -0.3 is 5.11 Å². The maximum Gasteiger partial charge on any atom is 0.0558 e. The van der Waals surface area contributed by atoms with Gasteiger partial charge in [-0.05, 0) is 48.1 Å². The SMILES string of the molecule is CC(C)N(CCO)Cc1ccccc1I. The first-order chi connectivity index (χ1) is 7.15. The molecule has 0 spiro atoms. The van der Waals surface area contributed by atoms with Crippen LogP contribution in [0.4, 0.5) is 0 Å². The normalized spacial score (nSPS) is 11.3. The number of aliphatic hydroxyl groups excluding tert-OH is 1. The molecule has 15 heavy (non-hydrogen) atoms. The summed E-state index contributed by atoms with van der Waals surface area (Å²) in [6.45, 7) is 6.19. The number of rotatable bonds is 5. The molecular weight excluding hydrogens is 301 g/mol. The van der Waals surface area contributed by atoms with Gasteiger partial charge in [-0.15, -0.1) is 0 Å². The Hall–Kier alpha value is -0.130. The van der Waals surface area contributed by atoms with E-state index >= 15 is 0 Å². The lowest BCUT2D eigenvalue weighted by Gasteiger charge is -2.26. The summed E-state index contributed by atoms with van der Waals surface area (Å²) in [6, 6.07) is 8.85. The molecule has 0 aromatic heterocycles. The molecule has 0 radical (unpaired) electrons. The zero-order valence-corrected chi connectivity index (χ0v) is 11.4. The molecule has 1 aromatic carbocycles. The maximum atomic E-state index is 8.99. The molecule has 0 bridgehead atoms. The Kier molecular flexibility index (Phi) is 5.56. The van der Waals surface area contributed by atoms with E-state index in [1.165, 1.54) is 9.13 Å². The quantitative estimate of drug-likeness (QED) is 0.843. The highest BCUT2D eigenvalue weighted by atomic mass is 127. The molecule has 0 saturated heterocycles. The van der Waals surface area contributed by atoms with Crippen LogP contribution in [-0.2, 0) is 6.54 Å². The van der Waals surface area contributed by atoms with Gasteiger partial charge in [0.2, 0.25) is 0 Å². The number of nitrogens with zero attached hydrogens (tertiary/aromatic N) is 1. The molecule has 0 amide bonds. The van der Waals surface area contributed by atoms with Crippen molar-refractivity contribution in [1.29, 1.82) is 0 Å². The Morgan fingerprint density at radius 3 is 2.53 bits per heavy atom. The lowest BCUT2D eigenvalue weighted by Crippen LogP contribution is -2.33. The van der Waals surface area contributed by atoms with Gasteiger partial charge in [-0.2, -0.15) is 0 Å². The number of hydrogen-bond donors (Lipinski definition) is 1. The maximum absolute atomic E-state index is 8.99. The van der Waals surface area contributed by atoms with E-state index in [1.807, 2.05) is 0 Å². The summed E-state index contributed by atoms with van der Waals surface area (Å²) in [6.07, 6.45) is 0. The predicted molar refractivity (Wildman–Crippen MR) is 71.8 cm³/mol. The molecule has 1 aromatic rings. The van der Waals surface area contributed by atoms with Crippen LogP contribution in [0.15, 0.2) is 24.3 Å². The molecule has 84 valence electrons. The van der Waals surface area contributed by atoms with Gasteiger partial charge >= 0.3 is 0 Å². The van der Waals surface area contributed by atoms with Crippen molar-refractivity contribution in [2.45, 2.75) is 26.4 Å². The lowest BCUT2D eigenvalue weighted by atomic mass is 10.2. The average molecular weight is 319 g/mol. The minimum Gasteiger partial charge on any atom is -0.395 e. The van der Waals surface area contributed by atoms with Gasteiger partial charge in [0.05, 0.1) is 6.61 Å². The van der Waals surface area contributed by atoms with Crippen LogP contribution in [0.5, 0.6) is 0 Å². The van der Waals surface area contributed by atoms with Crippen LogP contribution in [0, 0.1) is 3.57 Å². The van der Waals surface area contributed by atoms with Crippen LogP contribution in [0.3, 0.4) is 0 Å². The minimum absolute atomic E-state index is 0.224. The van der Waals surface area contributed by atoms with Crippen LogP contribution in [0.2, 0.25) is 0 Å². The smallest absolute Gasteiger partial charge is 0.0558 e. The first kappa shape index (κ1) is 12.9. The van der Waals surface area contributed by atoms with E-state index in [0.717, 1.165) is 13.1 Å². The zero-order chi connectivity index (χ0) is 11.3. The fourth-order valence-corrected chi connectivity index (χ4v) is 2.05. The highest BCUT2D eigenvalue weighted by Crippen LogP contribution is 2.15. The second-order valence-corrected chi connectivity index (χ2v) is 5.04. The van der Waals surface area contributed by atoms with Crippen molar-refractivity contribution in [2.24, 2.45) is 0 Å². The highest BCUT2D eigenvalue weighted by Gasteiger charge is 2.10. The Bertz CT molecular complexity index is 301. The molecular formula is C12H18INO. The number of aliphatic hydroxyl groups is 1. The van der Waals surface area contributed by atoms with Gasteiger partial charge in [0.1, 0.15) is 0 Å². The molecule has 0 heterocycles. The Balaban J connectivity index is 2.69. The molecule has 0 aliphatic carbocycles. The predicted octanol–water partition coefficient (Wildman–Crippen LogP) is 2.49. The lowest BCUT2D eigenvalue weighted by molar-refractivity contribution is 0.159. The van der Waals surface area contributed by atoms with Crippen molar-refractivity contribution in [2.75, 3.05) is 13.2 Å². The number of hydrogen-bond acceptors (Lipinski definition) is 2. The summed E-state index contributed by atoms with van der Waals surface area (Å²) in [5, 5.41) is 8.99. The molecule has 3 heteroatoms. The number of benzene rings is 1. The first-order valence-electron chi connectivity index (χ1n) is 5.23. The standard InChI is InChI=1S/C12H18INO/c1-10(2)14(7-8-15)9-11-5-3-4-6-12(11)13/h3-6,10,15H,7-9H2,1-2H3. The van der Waals surface area contributed by atoms with Gasteiger partial charge in [-0.1, -0.05) is 18.2 Å². The minimum atomic E-state index is 0.224. The van der Waals surface area contributed by atoms with Crippen molar-refractivity contribution in [3.8, 4) is 0 Å². The van der Waals surface area contributed by atoms with E-state index in [2.05, 4.69) is 65.6 Å². The zero-order valence-electron chi connectivity index (χ0n) is 9.28. The summed E-state index contributed by atoms with van der Waals surface area (Å²) in [5.74, 6) is 0. The molecule has 0 aliphatic rings. The van der Waals surface area contributed by atoms with Gasteiger partial charge in [0, 0.05) is 22.7 Å². The van der Waals surface area contributed by atoms with E-state index in [4.69, 9.17) is 5.11 Å². The fraction of sp³-hybridized carbons (Fsp3) is 0.500. The molecule has 0 fully saturated rings. The van der Waals surface area contributed by atoms with E-state index in [-0.39, 0.29) is 6.61 Å². The summed E-state index contributed by atoms with van der Waals surface area (Å²) in [5.41, 5.74) is 1.33. The molecule has 1 N–H and O–H groups in total. The second-order valence-electron chi connectivity index (χ2n) is 3.88. The van der Waals surface area contributed by atoms with Crippen molar-refractivity contribution >= 4 is 22.6 Å². The Morgan fingerprint density at radius 1 is 1.33 bits per heavy atom. The Labute approximate surface area is 105 Å². The molecule has 0 aliphatic heterocycles. The second kappa shape index (κ2) is 6.45. The third-order valence-electron chi connectivity index (χ3n) is 2.45. The Morgan fingerprint density at radius 2 is 2.00 bits per heavy atom. The van der Waals surface area contributed by atoms with E-state index in [1.54, 1.807) is 0 Å². The first-order valence-corrected chi connectivity index (χ1v) is 6.31. The molecule has 0 unspecified atom stereocenters. The average Bonchev–Trinajstić information content (AvgIpc) is 2.20. The summed E-state index contributed by atoms with van der Waals surface area (Å²) in [7, 11) is 0. The van der Waals surface area contributed by atoms with Gasteiger partial charge in [-0.25, -0.2) is 0 Å². The largest absolute Gasteiger partial charge is 0.395 e. The third-order valence-corrected chi connectivity index (χ3v) is 3.50. The fourth-order valence-electron chi connectivity index (χ4n) is 1.49. The molecule has 0 saturated carbocycles. The van der Waals surface area contributed by atoms with Gasteiger partial charge in [0.25, 0.3) is 0 Å². The topological polar surface area (TPSA) is 23.5 Å². The van der Waals surface area contributed by atoms with E-state index in [0.29, 0.717) is 6.04 Å². The summed E-state index contributed by atoms with van der Waals surface area (Å²) >= 11 is 2.36. The van der Waals surface area contributed by atoms with Gasteiger partial charge in [0.15, 0.2) is 0 Å². The van der Waals surface area contributed by atoms with Crippen molar-refractivity contribution in [3.63, 3.8) is 0 Å². The molecule has 0 atom stereocenters. The number of halogens is 1. The van der Waals surface area contributed by atoms with E-state index < -0.39 is 0 Å². The van der Waals surface area contributed by atoms with Gasteiger partial charge in [-0.3, -0.25) is 4.90 Å². The summed E-state index contributed by atoms with van der Waals surface area (Å²) in [4.78, 5) is 2.28. The van der Waals surface area contributed by atoms with Crippen molar-refractivity contribution in [1.82, 2.24) is 4.90 Å². The van der Waals surface area contributed by atoms with Crippen molar-refractivity contribution in [3.05, 3.63) is 33.4 Å². The van der Waals surface area contributed by atoms with Crippen LogP contribution < -0.4 is 0 Å². The van der Waals surface area contributed by atoms with Crippen LogP contribution in [-0.4, -0.2) is 29.2 Å². The molecule has 1 rings (SSSR count). The van der Waals surface area contributed by atoms with Crippen LogP contribution in [0.25, 0.3) is 0 Å². The highest BCUT2D eigenvalue weighted by molar-refractivity contribution is 14.1. The van der Waals surface area contributed by atoms with Crippen molar-refractivity contribution < 1.29 is 5.11 Å². The molecule has 2 nitrogen and oxygen atoms in total. The third kappa shape index (κ3) is 4.09. The van der Waals surface area contributed by atoms with Crippen LogP contribution in [0.1, 0.15) is 19.4 Å². The monoisotopic (exact) mass is 319 g/mol. The van der Waals surface area contributed by atoms with E-state index in [9.17, 15) is 0 Å².